The molecule has 0 saturated heterocycles. The second-order valence-electron chi connectivity index (χ2n) is 13.1. The van der Waals surface area contributed by atoms with Crippen LogP contribution in [-0.4, -0.2) is 15.0 Å². The zero-order chi connectivity index (χ0) is 34.2. The van der Waals surface area contributed by atoms with Crippen LogP contribution >= 0.6 is 0 Å². The van der Waals surface area contributed by atoms with Gasteiger partial charge in [-0.05, 0) is 69.1 Å². The third-order valence-electron chi connectivity index (χ3n) is 10.1. The number of furan rings is 2. The molecular weight excluding hydrogens is 639 g/mol. The Morgan fingerprint density at radius 2 is 0.885 bits per heavy atom. The number of benzene rings is 8. The van der Waals surface area contributed by atoms with Crippen LogP contribution in [0.5, 0.6) is 0 Å². The normalized spacial score (nSPS) is 11.8. The lowest BCUT2D eigenvalue weighted by Gasteiger charge is -2.13. The van der Waals surface area contributed by atoms with E-state index in [4.69, 9.17) is 23.8 Å². The Labute approximate surface area is 297 Å². The lowest BCUT2D eigenvalue weighted by molar-refractivity contribution is 0.669. The predicted octanol–water partition coefficient (Wildman–Crippen LogP) is 12.6. The van der Waals surface area contributed by atoms with Gasteiger partial charge in [0.25, 0.3) is 0 Å². The number of aromatic nitrogens is 3. The average Bonchev–Trinajstić information content (AvgIpc) is 3.79. The van der Waals surface area contributed by atoms with Crippen LogP contribution in [0.3, 0.4) is 0 Å². The molecule has 0 saturated carbocycles. The third kappa shape index (κ3) is 4.39. The first-order valence-corrected chi connectivity index (χ1v) is 17.4. The van der Waals surface area contributed by atoms with Gasteiger partial charge in [0.2, 0.25) is 0 Å². The summed E-state index contributed by atoms with van der Waals surface area (Å²) in [6, 6.07) is 56.2. The van der Waals surface area contributed by atoms with Crippen LogP contribution in [0, 0.1) is 0 Å². The monoisotopic (exact) mass is 665 g/mol. The highest BCUT2D eigenvalue weighted by molar-refractivity contribution is 6.16. The Balaban J connectivity index is 1.17. The molecule has 52 heavy (non-hydrogen) atoms. The predicted molar refractivity (Wildman–Crippen MR) is 211 cm³/mol. The van der Waals surface area contributed by atoms with Gasteiger partial charge in [-0.25, -0.2) is 15.0 Å². The number of para-hydroxylation sites is 1. The first-order valence-electron chi connectivity index (χ1n) is 17.4. The van der Waals surface area contributed by atoms with E-state index >= 15 is 0 Å². The molecule has 0 N–H and O–H groups in total. The maximum absolute atomic E-state index is 6.49. The summed E-state index contributed by atoms with van der Waals surface area (Å²) in [6.45, 7) is 0. The summed E-state index contributed by atoms with van der Waals surface area (Å²) >= 11 is 0. The minimum atomic E-state index is 0.586. The topological polar surface area (TPSA) is 65.0 Å². The molecule has 0 aliphatic heterocycles. The summed E-state index contributed by atoms with van der Waals surface area (Å²) in [5, 5.41) is 8.74. The van der Waals surface area contributed by atoms with E-state index < -0.39 is 0 Å². The van der Waals surface area contributed by atoms with Gasteiger partial charge in [-0.2, -0.15) is 0 Å². The zero-order valence-electron chi connectivity index (χ0n) is 27.7. The number of fused-ring (bicyclic) bond motifs is 9. The third-order valence-corrected chi connectivity index (χ3v) is 10.1. The van der Waals surface area contributed by atoms with E-state index in [0.717, 1.165) is 87.9 Å². The van der Waals surface area contributed by atoms with Crippen molar-refractivity contribution in [3.63, 3.8) is 0 Å². The van der Waals surface area contributed by atoms with E-state index in [1.807, 2.05) is 60.7 Å². The summed E-state index contributed by atoms with van der Waals surface area (Å²) in [7, 11) is 0. The second-order valence-corrected chi connectivity index (χ2v) is 13.1. The van der Waals surface area contributed by atoms with Gasteiger partial charge in [-0.1, -0.05) is 127 Å². The van der Waals surface area contributed by atoms with E-state index in [0.29, 0.717) is 17.5 Å². The van der Waals surface area contributed by atoms with Crippen LogP contribution in [0.2, 0.25) is 0 Å². The molecule has 0 amide bonds. The van der Waals surface area contributed by atoms with Crippen molar-refractivity contribution in [1.82, 2.24) is 15.0 Å². The largest absolute Gasteiger partial charge is 0.456 e. The standard InChI is InChI=1S/C47H27N3O2/c1-2-12-28(13-3-1)45-48-46(50-47(49-45)37-26-29-14-4-5-15-31(29)33-16-6-7-17-34(33)37)36-20-11-23-42-44(36)38-27-30(24-25-40(38)52-42)32-19-10-22-41-43(32)35-18-8-9-21-39(35)51-41/h1-27H. The van der Waals surface area contributed by atoms with Crippen LogP contribution in [-0.2, 0) is 0 Å². The van der Waals surface area contributed by atoms with E-state index in [-0.39, 0.29) is 0 Å². The molecule has 0 fully saturated rings. The summed E-state index contributed by atoms with van der Waals surface area (Å²) in [4.78, 5) is 15.6. The molecule has 11 aromatic rings. The van der Waals surface area contributed by atoms with Crippen molar-refractivity contribution in [1.29, 1.82) is 0 Å². The van der Waals surface area contributed by atoms with Crippen molar-refractivity contribution < 1.29 is 8.83 Å². The van der Waals surface area contributed by atoms with Gasteiger partial charge in [0.15, 0.2) is 17.5 Å². The summed E-state index contributed by atoms with van der Waals surface area (Å²) in [6.07, 6.45) is 0. The molecular formula is C47H27N3O2. The van der Waals surface area contributed by atoms with Crippen LogP contribution in [0.15, 0.2) is 173 Å². The van der Waals surface area contributed by atoms with Gasteiger partial charge in [0.1, 0.15) is 22.3 Å². The molecule has 0 bridgehead atoms. The van der Waals surface area contributed by atoms with Crippen LogP contribution in [0.25, 0.3) is 111 Å². The summed E-state index contributed by atoms with van der Waals surface area (Å²) in [5.74, 6) is 1.82. The van der Waals surface area contributed by atoms with E-state index in [2.05, 4.69) is 103 Å². The molecule has 11 rings (SSSR count). The quantitative estimate of drug-likeness (QED) is 0.175. The fraction of sp³-hybridized carbons (Fsp3) is 0. The van der Waals surface area contributed by atoms with Crippen molar-refractivity contribution >= 4 is 65.4 Å². The van der Waals surface area contributed by atoms with E-state index in [1.54, 1.807) is 0 Å². The molecule has 0 spiro atoms. The zero-order valence-corrected chi connectivity index (χ0v) is 27.7. The van der Waals surface area contributed by atoms with Crippen molar-refractivity contribution in [2.75, 3.05) is 0 Å². The average molecular weight is 666 g/mol. The lowest BCUT2D eigenvalue weighted by atomic mass is 9.96. The van der Waals surface area contributed by atoms with E-state index in [9.17, 15) is 0 Å². The first kappa shape index (κ1) is 28.7. The number of hydrogen-bond donors (Lipinski definition) is 0. The number of hydrogen-bond acceptors (Lipinski definition) is 5. The molecule has 242 valence electrons. The molecule has 5 heteroatoms. The lowest BCUT2D eigenvalue weighted by Crippen LogP contribution is -2.01. The van der Waals surface area contributed by atoms with Gasteiger partial charge in [0, 0.05) is 38.2 Å². The van der Waals surface area contributed by atoms with Gasteiger partial charge in [0.05, 0.1) is 0 Å². The van der Waals surface area contributed by atoms with Crippen LogP contribution in [0.1, 0.15) is 0 Å². The van der Waals surface area contributed by atoms with Crippen LogP contribution < -0.4 is 0 Å². The Hall–Kier alpha value is -7.11. The summed E-state index contributed by atoms with van der Waals surface area (Å²) < 4.78 is 12.7. The minimum Gasteiger partial charge on any atom is -0.456 e. The van der Waals surface area contributed by atoms with Gasteiger partial charge in [-0.3, -0.25) is 0 Å². The number of rotatable bonds is 4. The number of nitrogens with zero attached hydrogens (tertiary/aromatic N) is 3. The highest BCUT2D eigenvalue weighted by atomic mass is 16.3. The van der Waals surface area contributed by atoms with Crippen molar-refractivity contribution in [3.8, 4) is 45.3 Å². The van der Waals surface area contributed by atoms with Crippen molar-refractivity contribution in [3.05, 3.63) is 164 Å². The summed E-state index contributed by atoms with van der Waals surface area (Å²) in [5.41, 5.74) is 8.26. The van der Waals surface area contributed by atoms with Crippen molar-refractivity contribution in [2.24, 2.45) is 0 Å². The molecule has 0 atom stereocenters. The van der Waals surface area contributed by atoms with Crippen LogP contribution in [0.4, 0.5) is 0 Å². The van der Waals surface area contributed by atoms with E-state index in [1.165, 1.54) is 5.39 Å². The maximum atomic E-state index is 6.49. The molecule has 3 heterocycles. The van der Waals surface area contributed by atoms with Gasteiger partial charge < -0.3 is 8.83 Å². The molecule has 8 aromatic carbocycles. The molecule has 0 radical (unpaired) electrons. The maximum Gasteiger partial charge on any atom is 0.164 e. The minimum absolute atomic E-state index is 0.586. The highest BCUT2D eigenvalue weighted by Crippen LogP contribution is 2.42. The fourth-order valence-electron chi connectivity index (χ4n) is 7.77. The smallest absolute Gasteiger partial charge is 0.164 e. The molecule has 0 unspecified atom stereocenters. The Morgan fingerprint density at radius 1 is 0.308 bits per heavy atom. The first-order chi connectivity index (χ1) is 25.8. The molecule has 3 aromatic heterocycles. The molecule has 0 aliphatic rings. The second kappa shape index (κ2) is 11.2. The van der Waals surface area contributed by atoms with Crippen molar-refractivity contribution in [2.45, 2.75) is 0 Å². The highest BCUT2D eigenvalue weighted by Gasteiger charge is 2.20. The fourth-order valence-corrected chi connectivity index (χ4v) is 7.77. The molecule has 5 nitrogen and oxygen atoms in total. The van der Waals surface area contributed by atoms with Gasteiger partial charge >= 0.3 is 0 Å². The van der Waals surface area contributed by atoms with Gasteiger partial charge in [-0.15, -0.1) is 0 Å². The SMILES string of the molecule is c1ccc(-c2nc(-c3cc4ccccc4c4ccccc34)nc(-c3cccc4oc5ccc(-c6cccc7oc8ccccc8c67)cc5c34)n2)cc1. The Kier molecular flexibility index (Phi) is 6.18. The Morgan fingerprint density at radius 3 is 1.69 bits per heavy atom. The Bertz CT molecular complexity index is 3190. The molecule has 0 aliphatic carbocycles.